The first-order chi connectivity index (χ1) is 13.3. The molecule has 1 N–H and O–H groups in total. The minimum atomic E-state index is -0.361. The maximum atomic E-state index is 11.4. The van der Waals surface area contributed by atoms with Crippen molar-refractivity contribution < 1.29 is 9.53 Å². The highest BCUT2D eigenvalue weighted by Gasteiger charge is 2.23. The average Bonchev–Trinajstić information content (AvgIpc) is 3.34. The molecule has 6 heteroatoms. The largest absolute Gasteiger partial charge is 0.444 e. The molecule has 28 heavy (non-hydrogen) atoms. The lowest BCUT2D eigenvalue weighted by atomic mass is 10.1. The summed E-state index contributed by atoms with van der Waals surface area (Å²) in [7, 11) is 0. The van der Waals surface area contributed by atoms with Crippen LogP contribution in [0.2, 0.25) is 0 Å². The number of aromatic nitrogens is 2. The number of hydrogen-bond acceptors (Lipinski definition) is 3. The van der Waals surface area contributed by atoms with Crippen LogP contribution in [0.15, 0.2) is 53.4 Å². The number of carbonyl (C=O) groups excluding carboxylic acids is 1. The molecule has 1 aromatic heterocycles. The monoisotopic (exact) mass is 443 g/mol. The Hall–Kier alpha value is -2.34. The molecule has 1 aliphatic rings. The third-order valence-corrected chi connectivity index (χ3v) is 4.86. The van der Waals surface area contributed by atoms with Gasteiger partial charge in [0.1, 0.15) is 5.60 Å². The molecule has 148 valence electrons. The minimum absolute atomic E-state index is 0.167. The number of nitrogens with one attached hydrogen (secondary N) is 1. The number of hydrogen-bond donors (Lipinski definition) is 1. The maximum Gasteiger partial charge on any atom is 0.410 e. The number of halogens is 1. The number of fused-ring (bicyclic) bond motifs is 1. The second-order valence-corrected chi connectivity index (χ2v) is 8.76. The second kappa shape index (κ2) is 8.78. The average molecular weight is 444 g/mol. The molecule has 0 saturated carbocycles. The molecule has 1 fully saturated rings. The standard InChI is InChI=1S/C13H9BrN2.C9H17NO2/c14-12-4-3-9-5-11(2-1-10(9)6-12)13-7-15-8-16-13;1-9(2,3)12-8(11)10-6-4-5-7-10/h1-8H,(H,15,16);4-7H2,1-3H3. The quantitative estimate of drug-likeness (QED) is 0.500. The van der Waals surface area contributed by atoms with Crippen molar-refractivity contribution in [2.45, 2.75) is 39.2 Å². The summed E-state index contributed by atoms with van der Waals surface area (Å²) < 4.78 is 6.31. The summed E-state index contributed by atoms with van der Waals surface area (Å²) in [6, 6.07) is 12.7. The highest BCUT2D eigenvalue weighted by atomic mass is 79.9. The van der Waals surface area contributed by atoms with Crippen LogP contribution in [-0.2, 0) is 4.74 Å². The number of benzene rings is 2. The van der Waals surface area contributed by atoms with Crippen LogP contribution in [0.1, 0.15) is 33.6 Å². The smallest absolute Gasteiger partial charge is 0.410 e. The number of rotatable bonds is 1. The van der Waals surface area contributed by atoms with Gasteiger partial charge in [-0.3, -0.25) is 0 Å². The fraction of sp³-hybridized carbons (Fsp3) is 0.364. The van der Waals surface area contributed by atoms with E-state index < -0.39 is 0 Å². The first kappa shape index (κ1) is 20.4. The number of likely N-dealkylation sites (tertiary alicyclic amines) is 1. The van der Waals surface area contributed by atoms with Crippen molar-refractivity contribution in [2.75, 3.05) is 13.1 Å². The van der Waals surface area contributed by atoms with Gasteiger partial charge in [0.15, 0.2) is 0 Å². The van der Waals surface area contributed by atoms with Crippen LogP contribution >= 0.6 is 15.9 Å². The Balaban J connectivity index is 0.000000169. The van der Waals surface area contributed by atoms with Gasteiger partial charge in [-0.2, -0.15) is 0 Å². The molecular weight excluding hydrogens is 418 g/mol. The van der Waals surface area contributed by atoms with E-state index in [1.807, 2.05) is 27.0 Å². The van der Waals surface area contributed by atoms with E-state index in [1.54, 1.807) is 11.2 Å². The van der Waals surface area contributed by atoms with E-state index in [0.29, 0.717) is 0 Å². The Kier molecular flexibility index (Phi) is 6.39. The maximum absolute atomic E-state index is 11.4. The van der Waals surface area contributed by atoms with E-state index in [9.17, 15) is 4.79 Å². The van der Waals surface area contributed by atoms with Crippen molar-refractivity contribution in [1.82, 2.24) is 14.9 Å². The molecule has 0 radical (unpaired) electrons. The third-order valence-electron chi connectivity index (χ3n) is 4.37. The molecule has 0 atom stereocenters. The summed E-state index contributed by atoms with van der Waals surface area (Å²) in [5, 5.41) is 2.47. The van der Waals surface area contributed by atoms with E-state index in [4.69, 9.17) is 4.74 Å². The zero-order chi connectivity index (χ0) is 20.1. The van der Waals surface area contributed by atoms with Gasteiger partial charge in [-0.15, -0.1) is 0 Å². The summed E-state index contributed by atoms with van der Waals surface area (Å²) in [6.45, 7) is 7.38. The summed E-state index contributed by atoms with van der Waals surface area (Å²) in [5.41, 5.74) is 1.84. The highest BCUT2D eigenvalue weighted by Crippen LogP contribution is 2.25. The van der Waals surface area contributed by atoms with Gasteiger partial charge in [0.2, 0.25) is 0 Å². The Morgan fingerprint density at radius 3 is 2.43 bits per heavy atom. The van der Waals surface area contributed by atoms with Gasteiger partial charge < -0.3 is 14.6 Å². The summed E-state index contributed by atoms with van der Waals surface area (Å²) in [4.78, 5) is 20.3. The molecule has 4 rings (SSSR count). The van der Waals surface area contributed by atoms with Gasteiger partial charge in [-0.25, -0.2) is 9.78 Å². The molecule has 0 spiro atoms. The first-order valence-electron chi connectivity index (χ1n) is 9.48. The van der Waals surface area contributed by atoms with Gasteiger partial charge in [0, 0.05) is 23.1 Å². The number of H-pyrrole nitrogens is 1. The zero-order valence-corrected chi connectivity index (χ0v) is 18.1. The van der Waals surface area contributed by atoms with Crippen molar-refractivity contribution in [3.63, 3.8) is 0 Å². The van der Waals surface area contributed by atoms with E-state index in [1.165, 1.54) is 10.8 Å². The Labute approximate surface area is 174 Å². The van der Waals surface area contributed by atoms with Crippen LogP contribution in [0.25, 0.3) is 22.0 Å². The Morgan fingerprint density at radius 1 is 1.11 bits per heavy atom. The molecule has 3 aromatic rings. The SMILES string of the molecule is Brc1ccc2cc(-c3cnc[nH]3)ccc2c1.CC(C)(C)OC(=O)N1CCCC1. The predicted molar refractivity (Wildman–Crippen MR) is 116 cm³/mol. The molecule has 1 saturated heterocycles. The fourth-order valence-corrected chi connectivity index (χ4v) is 3.40. The topological polar surface area (TPSA) is 58.2 Å². The van der Waals surface area contributed by atoms with Gasteiger partial charge in [-0.1, -0.05) is 34.1 Å². The van der Waals surface area contributed by atoms with Gasteiger partial charge in [-0.05, 0) is 62.6 Å². The molecule has 0 bridgehead atoms. The molecule has 1 amide bonds. The van der Waals surface area contributed by atoms with Crippen molar-refractivity contribution in [2.24, 2.45) is 0 Å². The van der Waals surface area contributed by atoms with E-state index in [0.717, 1.165) is 41.7 Å². The lowest BCUT2D eigenvalue weighted by molar-refractivity contribution is 0.0295. The van der Waals surface area contributed by atoms with Crippen molar-refractivity contribution in [3.05, 3.63) is 53.4 Å². The Bertz CT molecular complexity index is 927. The number of nitrogens with zero attached hydrogens (tertiary/aromatic N) is 2. The molecule has 2 aromatic carbocycles. The molecule has 2 heterocycles. The van der Waals surface area contributed by atoms with Crippen LogP contribution in [0, 0.1) is 0 Å². The van der Waals surface area contributed by atoms with Gasteiger partial charge >= 0.3 is 6.09 Å². The lowest BCUT2D eigenvalue weighted by Gasteiger charge is -2.23. The summed E-state index contributed by atoms with van der Waals surface area (Å²) in [5.74, 6) is 0. The molecule has 5 nitrogen and oxygen atoms in total. The van der Waals surface area contributed by atoms with E-state index in [2.05, 4.69) is 62.3 Å². The van der Waals surface area contributed by atoms with Crippen molar-refractivity contribution >= 4 is 32.8 Å². The first-order valence-corrected chi connectivity index (χ1v) is 10.3. The fourth-order valence-electron chi connectivity index (χ4n) is 3.02. The number of ether oxygens (including phenoxy) is 1. The van der Waals surface area contributed by atoms with Gasteiger partial charge in [0.25, 0.3) is 0 Å². The Morgan fingerprint density at radius 2 is 1.79 bits per heavy atom. The summed E-state index contributed by atoms with van der Waals surface area (Å²) >= 11 is 3.47. The molecule has 1 aliphatic heterocycles. The molecular formula is C22H26BrN3O2. The van der Waals surface area contributed by atoms with Crippen molar-refractivity contribution in [3.8, 4) is 11.3 Å². The van der Waals surface area contributed by atoms with Crippen LogP contribution in [0.4, 0.5) is 4.79 Å². The van der Waals surface area contributed by atoms with Crippen LogP contribution < -0.4 is 0 Å². The third kappa shape index (κ3) is 5.58. The zero-order valence-electron chi connectivity index (χ0n) is 16.5. The van der Waals surface area contributed by atoms with Crippen LogP contribution in [0.3, 0.4) is 0 Å². The number of imidazole rings is 1. The predicted octanol–water partition coefficient (Wildman–Crippen LogP) is 6.01. The number of carbonyl (C=O) groups is 1. The second-order valence-electron chi connectivity index (χ2n) is 7.85. The van der Waals surface area contributed by atoms with Crippen molar-refractivity contribution in [1.29, 1.82) is 0 Å². The highest BCUT2D eigenvalue weighted by molar-refractivity contribution is 9.10. The number of aromatic amines is 1. The summed E-state index contributed by atoms with van der Waals surface area (Å²) in [6.07, 6.45) is 5.58. The molecule has 0 unspecified atom stereocenters. The van der Waals surface area contributed by atoms with E-state index >= 15 is 0 Å². The van der Waals surface area contributed by atoms with E-state index in [-0.39, 0.29) is 11.7 Å². The minimum Gasteiger partial charge on any atom is -0.444 e. The lowest BCUT2D eigenvalue weighted by Crippen LogP contribution is -2.34. The normalized spacial score (nSPS) is 13.9. The number of amides is 1. The molecule has 0 aliphatic carbocycles. The van der Waals surface area contributed by atoms with Crippen LogP contribution in [-0.4, -0.2) is 39.7 Å². The van der Waals surface area contributed by atoms with Crippen LogP contribution in [0.5, 0.6) is 0 Å². The van der Waals surface area contributed by atoms with Gasteiger partial charge in [0.05, 0.1) is 18.2 Å².